The first-order chi connectivity index (χ1) is 8.27. The number of fused-ring (bicyclic) bond motifs is 1. The van der Waals surface area contributed by atoms with Crippen molar-refractivity contribution in [1.29, 1.82) is 0 Å². The predicted octanol–water partition coefficient (Wildman–Crippen LogP) is 2.80. The minimum absolute atomic E-state index is 0.213. The number of rotatable bonds is 2. The highest BCUT2D eigenvalue weighted by molar-refractivity contribution is 5.86. The molecule has 3 rings (SSSR count). The standard InChI is InChI=1S/C15H19NO/c1-11(12-5-3-2-4-6-12)16-10-9-13-7-8-14(17)15(13)16/h2-6,11,13,15H,7-10H2,1H3/t11-,13-,15+/m1/s1. The molecule has 0 radical (unpaired) electrons. The molecular weight excluding hydrogens is 210 g/mol. The average molecular weight is 229 g/mol. The molecule has 2 fully saturated rings. The normalized spacial score (nSPS) is 30.5. The van der Waals surface area contributed by atoms with Crippen LogP contribution in [0.5, 0.6) is 0 Å². The van der Waals surface area contributed by atoms with Gasteiger partial charge in [0.15, 0.2) is 0 Å². The van der Waals surface area contributed by atoms with Gasteiger partial charge in [-0.2, -0.15) is 0 Å². The van der Waals surface area contributed by atoms with Gasteiger partial charge in [-0.25, -0.2) is 0 Å². The monoisotopic (exact) mass is 229 g/mol. The molecule has 2 nitrogen and oxygen atoms in total. The molecule has 3 atom stereocenters. The van der Waals surface area contributed by atoms with Gasteiger partial charge in [0.1, 0.15) is 5.78 Å². The number of Topliss-reactive ketones (excluding diaryl/α,β-unsaturated/α-hetero) is 1. The van der Waals surface area contributed by atoms with Crippen LogP contribution in [0.15, 0.2) is 30.3 Å². The summed E-state index contributed by atoms with van der Waals surface area (Å²) in [4.78, 5) is 14.4. The number of carbonyl (C=O) groups is 1. The van der Waals surface area contributed by atoms with Crippen LogP contribution in [-0.4, -0.2) is 23.3 Å². The molecular formula is C15H19NO. The summed E-state index contributed by atoms with van der Waals surface area (Å²) >= 11 is 0. The summed E-state index contributed by atoms with van der Waals surface area (Å²) in [6.45, 7) is 3.31. The molecule has 0 bridgehead atoms. The van der Waals surface area contributed by atoms with E-state index in [0.717, 1.165) is 19.4 Å². The third kappa shape index (κ3) is 1.81. The highest BCUT2D eigenvalue weighted by Crippen LogP contribution is 2.39. The number of nitrogens with zero attached hydrogens (tertiary/aromatic N) is 1. The Morgan fingerprint density at radius 2 is 2.00 bits per heavy atom. The van der Waals surface area contributed by atoms with Gasteiger partial charge in [0.05, 0.1) is 6.04 Å². The Labute approximate surface area is 103 Å². The van der Waals surface area contributed by atoms with E-state index < -0.39 is 0 Å². The molecule has 0 unspecified atom stereocenters. The fourth-order valence-electron chi connectivity index (χ4n) is 3.47. The molecule has 1 aliphatic carbocycles. The maximum absolute atomic E-state index is 12.0. The van der Waals surface area contributed by atoms with Crippen molar-refractivity contribution in [2.45, 2.75) is 38.3 Å². The summed E-state index contributed by atoms with van der Waals surface area (Å²) in [6, 6.07) is 11.1. The highest BCUT2D eigenvalue weighted by Gasteiger charge is 2.44. The molecule has 0 amide bonds. The van der Waals surface area contributed by atoms with E-state index in [0.29, 0.717) is 17.7 Å². The lowest BCUT2D eigenvalue weighted by molar-refractivity contribution is -0.122. The SMILES string of the molecule is C[C@H](c1ccccc1)N1CC[C@H]2CCC(=O)[C@H]21. The van der Waals surface area contributed by atoms with Crippen LogP contribution in [0.1, 0.15) is 37.8 Å². The van der Waals surface area contributed by atoms with E-state index in [1.54, 1.807) is 0 Å². The first-order valence-corrected chi connectivity index (χ1v) is 6.61. The molecule has 1 aromatic rings. The zero-order chi connectivity index (χ0) is 11.8. The van der Waals surface area contributed by atoms with E-state index in [9.17, 15) is 4.79 Å². The van der Waals surface area contributed by atoms with Gasteiger partial charge in [-0.1, -0.05) is 30.3 Å². The van der Waals surface area contributed by atoms with Gasteiger partial charge in [0.25, 0.3) is 0 Å². The van der Waals surface area contributed by atoms with Crippen LogP contribution in [0, 0.1) is 5.92 Å². The Morgan fingerprint density at radius 3 is 2.76 bits per heavy atom. The van der Waals surface area contributed by atoms with E-state index in [-0.39, 0.29) is 6.04 Å². The molecule has 1 aromatic carbocycles. The number of likely N-dealkylation sites (tertiary alicyclic amines) is 1. The molecule has 17 heavy (non-hydrogen) atoms. The number of benzene rings is 1. The first-order valence-electron chi connectivity index (χ1n) is 6.61. The summed E-state index contributed by atoms with van der Waals surface area (Å²) in [5.41, 5.74) is 1.33. The fourth-order valence-corrected chi connectivity index (χ4v) is 3.47. The number of hydrogen-bond donors (Lipinski definition) is 0. The number of carbonyl (C=O) groups excluding carboxylic acids is 1. The average Bonchev–Trinajstić information content (AvgIpc) is 2.93. The summed E-state index contributed by atoms with van der Waals surface area (Å²) in [6.07, 6.45) is 3.11. The van der Waals surface area contributed by atoms with Crippen molar-refractivity contribution in [2.24, 2.45) is 5.92 Å². The maximum atomic E-state index is 12.0. The molecule has 1 saturated carbocycles. The van der Waals surface area contributed by atoms with Crippen LogP contribution in [0.25, 0.3) is 0 Å². The number of ketones is 1. The van der Waals surface area contributed by atoms with Crippen LogP contribution in [-0.2, 0) is 4.79 Å². The van der Waals surface area contributed by atoms with E-state index in [4.69, 9.17) is 0 Å². The van der Waals surface area contributed by atoms with Crippen LogP contribution < -0.4 is 0 Å². The van der Waals surface area contributed by atoms with Crippen molar-refractivity contribution < 1.29 is 4.79 Å². The second kappa shape index (κ2) is 4.26. The lowest BCUT2D eigenvalue weighted by Crippen LogP contribution is -2.37. The third-order valence-corrected chi connectivity index (χ3v) is 4.43. The molecule has 0 N–H and O–H groups in total. The highest BCUT2D eigenvalue weighted by atomic mass is 16.1. The fraction of sp³-hybridized carbons (Fsp3) is 0.533. The van der Waals surface area contributed by atoms with E-state index in [1.165, 1.54) is 12.0 Å². The molecule has 2 aliphatic rings. The van der Waals surface area contributed by atoms with Gasteiger partial charge in [0, 0.05) is 12.5 Å². The zero-order valence-electron chi connectivity index (χ0n) is 10.3. The van der Waals surface area contributed by atoms with Crippen LogP contribution in [0.4, 0.5) is 0 Å². The summed E-state index contributed by atoms with van der Waals surface area (Å²) in [5, 5.41) is 0. The number of hydrogen-bond acceptors (Lipinski definition) is 2. The van der Waals surface area contributed by atoms with Crippen LogP contribution >= 0.6 is 0 Å². The minimum atomic E-state index is 0.213. The molecule has 0 aromatic heterocycles. The van der Waals surface area contributed by atoms with Crippen molar-refractivity contribution in [3.05, 3.63) is 35.9 Å². The first kappa shape index (κ1) is 11.0. The van der Waals surface area contributed by atoms with Gasteiger partial charge in [0.2, 0.25) is 0 Å². The summed E-state index contributed by atoms with van der Waals surface area (Å²) in [7, 11) is 0. The van der Waals surface area contributed by atoms with Gasteiger partial charge < -0.3 is 0 Å². The van der Waals surface area contributed by atoms with E-state index in [1.807, 2.05) is 6.07 Å². The molecule has 0 spiro atoms. The largest absolute Gasteiger partial charge is 0.298 e. The Bertz CT molecular complexity index is 414. The molecule has 1 aliphatic heterocycles. The lowest BCUT2D eigenvalue weighted by atomic mass is 10.0. The molecule has 1 saturated heterocycles. The summed E-state index contributed by atoms with van der Waals surface area (Å²) in [5.74, 6) is 1.10. The van der Waals surface area contributed by atoms with Crippen molar-refractivity contribution in [2.75, 3.05) is 6.54 Å². The van der Waals surface area contributed by atoms with Crippen molar-refractivity contribution in [3.8, 4) is 0 Å². The van der Waals surface area contributed by atoms with Crippen molar-refractivity contribution >= 4 is 5.78 Å². The molecule has 2 heteroatoms. The van der Waals surface area contributed by atoms with Gasteiger partial charge in [-0.15, -0.1) is 0 Å². The Balaban J connectivity index is 1.83. The Hall–Kier alpha value is -1.15. The van der Waals surface area contributed by atoms with Gasteiger partial charge in [-0.05, 0) is 37.8 Å². The predicted molar refractivity (Wildman–Crippen MR) is 67.7 cm³/mol. The maximum Gasteiger partial charge on any atom is 0.150 e. The minimum Gasteiger partial charge on any atom is -0.298 e. The Morgan fingerprint density at radius 1 is 1.24 bits per heavy atom. The Kier molecular flexibility index (Phi) is 2.75. The zero-order valence-corrected chi connectivity index (χ0v) is 10.3. The van der Waals surface area contributed by atoms with Gasteiger partial charge >= 0.3 is 0 Å². The lowest BCUT2D eigenvalue weighted by Gasteiger charge is -2.29. The van der Waals surface area contributed by atoms with Gasteiger partial charge in [-0.3, -0.25) is 9.69 Å². The van der Waals surface area contributed by atoms with Crippen molar-refractivity contribution in [3.63, 3.8) is 0 Å². The topological polar surface area (TPSA) is 20.3 Å². The second-order valence-electron chi connectivity index (χ2n) is 5.32. The summed E-state index contributed by atoms with van der Waals surface area (Å²) < 4.78 is 0. The molecule has 90 valence electrons. The molecule has 1 heterocycles. The third-order valence-electron chi connectivity index (χ3n) is 4.43. The smallest absolute Gasteiger partial charge is 0.150 e. The van der Waals surface area contributed by atoms with Crippen LogP contribution in [0.3, 0.4) is 0 Å². The van der Waals surface area contributed by atoms with Crippen molar-refractivity contribution in [1.82, 2.24) is 4.90 Å². The quantitative estimate of drug-likeness (QED) is 0.777. The van der Waals surface area contributed by atoms with E-state index in [2.05, 4.69) is 36.1 Å². The second-order valence-corrected chi connectivity index (χ2v) is 5.32. The van der Waals surface area contributed by atoms with E-state index >= 15 is 0 Å². The van der Waals surface area contributed by atoms with Crippen LogP contribution in [0.2, 0.25) is 0 Å².